The lowest BCUT2D eigenvalue weighted by Crippen LogP contribution is -2.16. The van der Waals surface area contributed by atoms with E-state index in [9.17, 15) is 4.79 Å². The number of nitrogens with zero attached hydrogens (tertiary/aromatic N) is 1. The van der Waals surface area contributed by atoms with E-state index < -0.39 is 6.09 Å². The topological polar surface area (TPSA) is 63.8 Å². The average molecular weight is 222 g/mol. The van der Waals surface area contributed by atoms with Gasteiger partial charge in [0, 0.05) is 5.92 Å². The summed E-state index contributed by atoms with van der Waals surface area (Å²) in [6.45, 7) is 2.19. The summed E-state index contributed by atoms with van der Waals surface area (Å²) in [4.78, 5) is 10.7. The highest BCUT2D eigenvalue weighted by molar-refractivity contribution is 5.77. The number of carbonyl (C=O) groups excluding carboxylic acids is 1. The fraction of sp³-hybridized carbons (Fsp3) is 0.455. The van der Waals surface area contributed by atoms with Crippen LogP contribution in [-0.4, -0.2) is 19.4 Å². The summed E-state index contributed by atoms with van der Waals surface area (Å²) in [6, 6.07) is 3.79. The van der Waals surface area contributed by atoms with Crippen LogP contribution in [0.1, 0.15) is 30.8 Å². The van der Waals surface area contributed by atoms with E-state index in [1.54, 1.807) is 0 Å². The van der Waals surface area contributed by atoms with Crippen molar-refractivity contribution in [3.8, 4) is 0 Å². The number of hydrazone groups is 1. The van der Waals surface area contributed by atoms with E-state index in [4.69, 9.17) is 4.42 Å². The molecule has 0 unspecified atom stereocenters. The number of hydrogen-bond donors (Lipinski definition) is 1. The first kappa shape index (κ1) is 10.7. The van der Waals surface area contributed by atoms with Gasteiger partial charge in [-0.2, -0.15) is 5.10 Å². The van der Waals surface area contributed by atoms with Crippen molar-refractivity contribution in [3.05, 3.63) is 23.7 Å². The van der Waals surface area contributed by atoms with Gasteiger partial charge in [-0.15, -0.1) is 0 Å². The maximum Gasteiger partial charge on any atom is 0.427 e. The van der Waals surface area contributed by atoms with Crippen LogP contribution in [0.3, 0.4) is 0 Å². The van der Waals surface area contributed by atoms with Gasteiger partial charge in [0.05, 0.1) is 13.3 Å². The Morgan fingerprint density at radius 1 is 1.69 bits per heavy atom. The van der Waals surface area contributed by atoms with Crippen molar-refractivity contribution < 1.29 is 13.9 Å². The van der Waals surface area contributed by atoms with Gasteiger partial charge in [0.2, 0.25) is 0 Å². The maximum absolute atomic E-state index is 10.7. The van der Waals surface area contributed by atoms with Crippen LogP contribution < -0.4 is 5.43 Å². The van der Waals surface area contributed by atoms with Gasteiger partial charge in [-0.1, -0.05) is 6.92 Å². The molecule has 1 aliphatic rings. The summed E-state index contributed by atoms with van der Waals surface area (Å²) >= 11 is 0. The summed E-state index contributed by atoms with van der Waals surface area (Å²) in [5.41, 5.74) is 2.19. The Hall–Kier alpha value is -1.78. The van der Waals surface area contributed by atoms with Crippen molar-refractivity contribution in [2.45, 2.75) is 19.3 Å². The predicted molar refractivity (Wildman–Crippen MR) is 58.4 cm³/mol. The monoisotopic (exact) mass is 222 g/mol. The van der Waals surface area contributed by atoms with E-state index in [2.05, 4.69) is 22.2 Å². The molecule has 2 rings (SSSR count). The first-order chi connectivity index (χ1) is 7.70. The van der Waals surface area contributed by atoms with Crippen LogP contribution in [-0.2, 0) is 4.74 Å². The van der Waals surface area contributed by atoms with Crippen LogP contribution in [0.15, 0.2) is 21.7 Å². The average Bonchev–Trinajstić information content (AvgIpc) is 2.82. The normalized spacial score (nSPS) is 23.4. The largest absolute Gasteiger partial charge is 0.460 e. The van der Waals surface area contributed by atoms with Crippen molar-refractivity contribution in [2.75, 3.05) is 7.11 Å². The Morgan fingerprint density at radius 2 is 2.44 bits per heavy atom. The number of nitrogens with one attached hydrogen (secondary N) is 1. The Morgan fingerprint density at radius 3 is 3.06 bits per heavy atom. The quantitative estimate of drug-likeness (QED) is 0.629. The van der Waals surface area contributed by atoms with Gasteiger partial charge in [-0.25, -0.2) is 10.2 Å². The first-order valence-corrected chi connectivity index (χ1v) is 5.17. The highest BCUT2D eigenvalue weighted by Crippen LogP contribution is 2.47. The third kappa shape index (κ3) is 2.42. The van der Waals surface area contributed by atoms with Gasteiger partial charge < -0.3 is 9.15 Å². The number of ether oxygens (including phenoxy) is 1. The van der Waals surface area contributed by atoms with Crippen LogP contribution in [0.5, 0.6) is 0 Å². The lowest BCUT2D eigenvalue weighted by molar-refractivity contribution is 0.171. The number of rotatable bonds is 3. The summed E-state index contributed by atoms with van der Waals surface area (Å²) in [5, 5.41) is 3.68. The number of methoxy groups -OCH3 is 1. The molecule has 16 heavy (non-hydrogen) atoms. The number of amides is 1. The highest BCUT2D eigenvalue weighted by atomic mass is 16.5. The minimum atomic E-state index is -0.598. The molecule has 0 saturated heterocycles. The van der Waals surface area contributed by atoms with Crippen molar-refractivity contribution in [2.24, 2.45) is 11.0 Å². The number of carbonyl (C=O) groups is 1. The smallest absolute Gasteiger partial charge is 0.427 e. The predicted octanol–water partition coefficient (Wildman–Crippen LogP) is 2.09. The van der Waals surface area contributed by atoms with Gasteiger partial charge in [0.25, 0.3) is 0 Å². The second-order valence-electron chi connectivity index (χ2n) is 3.92. The molecule has 5 heteroatoms. The molecule has 2 atom stereocenters. The molecule has 1 saturated carbocycles. The highest BCUT2D eigenvalue weighted by Gasteiger charge is 2.36. The second-order valence-corrected chi connectivity index (χ2v) is 3.92. The van der Waals surface area contributed by atoms with E-state index in [-0.39, 0.29) is 0 Å². The van der Waals surface area contributed by atoms with E-state index in [1.165, 1.54) is 19.7 Å². The lowest BCUT2D eigenvalue weighted by Gasteiger charge is -1.94. The molecule has 0 radical (unpaired) electrons. The van der Waals surface area contributed by atoms with Crippen LogP contribution in [0.2, 0.25) is 0 Å². The van der Waals surface area contributed by atoms with Crippen molar-refractivity contribution in [1.82, 2.24) is 5.43 Å². The van der Waals surface area contributed by atoms with E-state index in [0.29, 0.717) is 17.6 Å². The molecule has 1 amide bonds. The summed E-state index contributed by atoms with van der Waals surface area (Å²) < 4.78 is 9.91. The first-order valence-electron chi connectivity index (χ1n) is 5.17. The van der Waals surface area contributed by atoms with Gasteiger partial charge in [0.15, 0.2) is 0 Å². The Bertz CT molecular complexity index is 411. The molecule has 0 spiro atoms. The van der Waals surface area contributed by atoms with E-state index >= 15 is 0 Å². The summed E-state index contributed by atoms with van der Waals surface area (Å²) in [7, 11) is 1.28. The fourth-order valence-corrected chi connectivity index (χ4v) is 1.55. The minimum Gasteiger partial charge on any atom is -0.460 e. The Kier molecular flexibility index (Phi) is 2.94. The maximum atomic E-state index is 10.7. The fourth-order valence-electron chi connectivity index (χ4n) is 1.55. The van der Waals surface area contributed by atoms with Crippen molar-refractivity contribution >= 4 is 12.3 Å². The molecule has 5 nitrogen and oxygen atoms in total. The molecular formula is C11H14N2O3. The molecule has 1 aromatic rings. The molecule has 1 aliphatic carbocycles. The zero-order valence-corrected chi connectivity index (χ0v) is 9.27. The van der Waals surface area contributed by atoms with Gasteiger partial charge in [-0.3, -0.25) is 0 Å². The van der Waals surface area contributed by atoms with Crippen LogP contribution in [0.25, 0.3) is 0 Å². The van der Waals surface area contributed by atoms with E-state index in [1.807, 2.05) is 12.1 Å². The summed E-state index contributed by atoms with van der Waals surface area (Å²) in [6.07, 6.45) is 2.04. The lowest BCUT2D eigenvalue weighted by atomic mass is 10.3. The van der Waals surface area contributed by atoms with Gasteiger partial charge in [-0.05, 0) is 24.5 Å². The Balaban J connectivity index is 1.90. The molecule has 1 N–H and O–H groups in total. The Labute approximate surface area is 93.5 Å². The van der Waals surface area contributed by atoms with Crippen molar-refractivity contribution in [1.29, 1.82) is 0 Å². The number of hydrogen-bond acceptors (Lipinski definition) is 4. The molecule has 0 aliphatic heterocycles. The van der Waals surface area contributed by atoms with Gasteiger partial charge >= 0.3 is 6.09 Å². The molecule has 1 fully saturated rings. The van der Waals surface area contributed by atoms with Crippen LogP contribution >= 0.6 is 0 Å². The standard InChI is InChI=1S/C11H14N2O3/c1-7-5-9(7)10-4-3-8(16-10)6-12-13-11(14)15-2/h3-4,6-7,9H,5H2,1-2H3,(H,13,14)/b12-6-/t7-,9-/m1/s1. The minimum absolute atomic E-state index is 0.552. The molecule has 0 aromatic carbocycles. The van der Waals surface area contributed by atoms with Crippen LogP contribution in [0, 0.1) is 5.92 Å². The van der Waals surface area contributed by atoms with Crippen LogP contribution in [0.4, 0.5) is 4.79 Å². The molecule has 1 heterocycles. The third-order valence-electron chi connectivity index (χ3n) is 2.66. The van der Waals surface area contributed by atoms with Gasteiger partial charge in [0.1, 0.15) is 11.5 Å². The summed E-state index contributed by atoms with van der Waals surface area (Å²) in [5.74, 6) is 2.89. The number of furan rings is 1. The third-order valence-corrected chi connectivity index (χ3v) is 2.66. The molecule has 1 aromatic heterocycles. The van der Waals surface area contributed by atoms with E-state index in [0.717, 1.165) is 5.76 Å². The second kappa shape index (κ2) is 4.38. The molecular weight excluding hydrogens is 208 g/mol. The van der Waals surface area contributed by atoms with Crippen molar-refractivity contribution in [3.63, 3.8) is 0 Å². The molecule has 86 valence electrons. The zero-order valence-electron chi connectivity index (χ0n) is 9.27. The SMILES string of the molecule is COC(=O)N/N=C\c1ccc([C@@H]2C[C@H]2C)o1. The zero-order chi connectivity index (χ0) is 11.5. The molecule has 0 bridgehead atoms.